The lowest BCUT2D eigenvalue weighted by molar-refractivity contribution is -0.386. The molecule has 1 aliphatic rings. The maximum absolute atomic E-state index is 11.0. The normalized spacial score (nSPS) is 24.9. The maximum Gasteiger partial charge on any atom is 0.375 e. The third-order valence-electron chi connectivity index (χ3n) is 2.97. The van der Waals surface area contributed by atoms with E-state index in [0.717, 1.165) is 0 Å². The zero-order chi connectivity index (χ0) is 14.3. The van der Waals surface area contributed by atoms with E-state index in [0.29, 0.717) is 5.56 Å². The number of benzene rings is 1. The molecule has 0 aromatic heterocycles. The fourth-order valence-electron chi connectivity index (χ4n) is 1.99. The first-order chi connectivity index (χ1) is 8.73. The molecule has 0 amide bonds. The number of hydrogen-bond donors (Lipinski definition) is 2. The lowest BCUT2D eigenvalue weighted by Gasteiger charge is -2.43. The highest BCUT2D eigenvalue weighted by atomic mass is 31.2. The molecule has 2 N–H and O–H groups in total. The van der Waals surface area contributed by atoms with Crippen LogP contribution in [0.1, 0.15) is 25.5 Å². The van der Waals surface area contributed by atoms with Gasteiger partial charge in [-0.1, -0.05) is 26.0 Å². The Morgan fingerprint density at radius 1 is 1.42 bits per heavy atom. The SMILES string of the molecule is CC1(C)CO[P](O)(O)OC1c1ccccc1[N+](=O)[O-]. The number of hydrogen-bond acceptors (Lipinski definition) is 6. The highest BCUT2D eigenvalue weighted by molar-refractivity contribution is 7.54. The molecule has 8 heteroatoms. The smallest absolute Gasteiger partial charge is 0.314 e. The van der Waals surface area contributed by atoms with Crippen LogP contribution < -0.4 is 0 Å². The Labute approximate surface area is 110 Å². The number of nitrogens with zero attached hydrogens (tertiary/aromatic N) is 1. The molecule has 0 bridgehead atoms. The average molecular weight is 288 g/mol. The molecule has 0 aliphatic carbocycles. The molecule has 1 unspecified atom stereocenters. The molecule has 1 heterocycles. The fraction of sp³-hybridized carbons (Fsp3) is 0.455. The van der Waals surface area contributed by atoms with Crippen LogP contribution in [0.5, 0.6) is 0 Å². The van der Waals surface area contributed by atoms with Gasteiger partial charge in [-0.25, -0.2) is 0 Å². The molecule has 1 fully saturated rings. The van der Waals surface area contributed by atoms with Gasteiger partial charge in [0.2, 0.25) is 0 Å². The van der Waals surface area contributed by atoms with Gasteiger partial charge in [-0.05, 0) is 6.07 Å². The Bertz CT molecular complexity index is 504. The van der Waals surface area contributed by atoms with Gasteiger partial charge in [0.15, 0.2) is 0 Å². The van der Waals surface area contributed by atoms with Crippen LogP contribution in [0.4, 0.5) is 5.69 Å². The second-order valence-corrected chi connectivity index (χ2v) is 6.50. The van der Waals surface area contributed by atoms with Crippen LogP contribution in [0.2, 0.25) is 0 Å². The summed E-state index contributed by atoms with van der Waals surface area (Å²) in [6.45, 7) is 3.62. The molecular formula is C11H15NO6P. The van der Waals surface area contributed by atoms with Gasteiger partial charge in [0.1, 0.15) is 6.10 Å². The zero-order valence-corrected chi connectivity index (χ0v) is 11.4. The Morgan fingerprint density at radius 3 is 2.68 bits per heavy atom. The topological polar surface area (TPSA) is 102 Å². The average Bonchev–Trinajstić information content (AvgIpc) is 2.33. The van der Waals surface area contributed by atoms with Gasteiger partial charge in [0, 0.05) is 11.5 Å². The van der Waals surface area contributed by atoms with Crippen molar-refractivity contribution < 1.29 is 23.8 Å². The Kier molecular flexibility index (Phi) is 3.59. The standard InChI is InChI=1S/C11H15NO6P/c1-11(2)7-17-19(15,16)18-10(11)8-5-3-4-6-9(8)12(13)14/h3-6,10,15-16H,7H2,1-2H3. The van der Waals surface area contributed by atoms with Gasteiger partial charge < -0.3 is 9.79 Å². The predicted molar refractivity (Wildman–Crippen MR) is 68.0 cm³/mol. The van der Waals surface area contributed by atoms with Gasteiger partial charge >= 0.3 is 8.17 Å². The first-order valence-corrected chi connectivity index (χ1v) is 7.17. The first-order valence-electron chi connectivity index (χ1n) is 5.64. The highest BCUT2D eigenvalue weighted by Crippen LogP contribution is 2.64. The summed E-state index contributed by atoms with van der Waals surface area (Å²) in [6, 6.07) is 6.11. The molecule has 1 saturated heterocycles. The largest absolute Gasteiger partial charge is 0.375 e. The predicted octanol–water partition coefficient (Wildman–Crippen LogP) is 2.37. The molecule has 1 aromatic rings. The van der Waals surface area contributed by atoms with Gasteiger partial charge in [-0.15, -0.1) is 0 Å². The van der Waals surface area contributed by atoms with E-state index in [1.807, 2.05) is 0 Å². The van der Waals surface area contributed by atoms with Gasteiger partial charge in [0.05, 0.1) is 17.1 Å². The summed E-state index contributed by atoms with van der Waals surface area (Å²) in [5.41, 5.74) is -0.406. The molecule has 1 radical (unpaired) electrons. The summed E-state index contributed by atoms with van der Waals surface area (Å²) in [5.74, 6) is 0. The van der Waals surface area contributed by atoms with Gasteiger partial charge in [-0.2, -0.15) is 0 Å². The van der Waals surface area contributed by atoms with Crippen molar-refractivity contribution in [1.29, 1.82) is 0 Å². The molecule has 19 heavy (non-hydrogen) atoms. The second kappa shape index (κ2) is 4.77. The van der Waals surface area contributed by atoms with E-state index in [2.05, 4.69) is 0 Å². The van der Waals surface area contributed by atoms with Crippen molar-refractivity contribution >= 4 is 13.9 Å². The van der Waals surface area contributed by atoms with Crippen LogP contribution in [-0.4, -0.2) is 21.3 Å². The van der Waals surface area contributed by atoms with Crippen LogP contribution >= 0.6 is 8.17 Å². The van der Waals surface area contributed by atoms with E-state index in [1.165, 1.54) is 6.07 Å². The summed E-state index contributed by atoms with van der Waals surface area (Å²) < 4.78 is 10.0. The Balaban J connectivity index is 2.46. The van der Waals surface area contributed by atoms with Crippen LogP contribution in [0.3, 0.4) is 0 Å². The van der Waals surface area contributed by atoms with E-state index < -0.39 is 24.6 Å². The van der Waals surface area contributed by atoms with E-state index in [9.17, 15) is 19.9 Å². The van der Waals surface area contributed by atoms with Gasteiger partial charge in [-0.3, -0.25) is 19.2 Å². The maximum atomic E-state index is 11.0. The van der Waals surface area contributed by atoms with E-state index in [1.54, 1.807) is 32.0 Å². The quantitative estimate of drug-likeness (QED) is 0.492. The minimum Gasteiger partial charge on any atom is -0.314 e. The number of rotatable bonds is 2. The van der Waals surface area contributed by atoms with Crippen molar-refractivity contribution in [3.05, 3.63) is 39.9 Å². The second-order valence-electron chi connectivity index (χ2n) is 5.05. The minimum absolute atomic E-state index is 0.0461. The molecule has 105 valence electrons. The summed E-state index contributed by atoms with van der Waals surface area (Å²) in [6.07, 6.45) is -0.814. The zero-order valence-electron chi connectivity index (χ0n) is 10.5. The molecule has 7 nitrogen and oxygen atoms in total. The van der Waals surface area contributed by atoms with Crippen molar-refractivity contribution in [2.45, 2.75) is 20.0 Å². The molecule has 1 aliphatic heterocycles. The van der Waals surface area contributed by atoms with Crippen molar-refractivity contribution in [2.75, 3.05) is 6.61 Å². The third-order valence-corrected chi connectivity index (χ3v) is 3.92. The summed E-state index contributed by atoms with van der Waals surface area (Å²) >= 11 is 0. The van der Waals surface area contributed by atoms with Crippen LogP contribution in [-0.2, 0) is 9.05 Å². The summed E-state index contributed by atoms with van der Waals surface area (Å²) in [7, 11) is -3.91. The van der Waals surface area contributed by atoms with Crippen LogP contribution in [0.25, 0.3) is 0 Å². The first kappa shape index (κ1) is 14.3. The van der Waals surface area contributed by atoms with Crippen molar-refractivity contribution in [1.82, 2.24) is 0 Å². The molecule has 0 saturated carbocycles. The number of nitro benzene ring substituents is 1. The highest BCUT2D eigenvalue weighted by Gasteiger charge is 2.47. The van der Waals surface area contributed by atoms with Crippen LogP contribution in [0.15, 0.2) is 24.3 Å². The molecule has 1 aromatic carbocycles. The van der Waals surface area contributed by atoms with Crippen LogP contribution in [0, 0.1) is 15.5 Å². The van der Waals surface area contributed by atoms with E-state index in [4.69, 9.17) is 9.05 Å². The van der Waals surface area contributed by atoms with Gasteiger partial charge in [0.25, 0.3) is 5.69 Å². The molecule has 1 atom stereocenters. The lowest BCUT2D eigenvalue weighted by atomic mass is 9.83. The molecule has 0 spiro atoms. The summed E-state index contributed by atoms with van der Waals surface area (Å²) in [4.78, 5) is 29.6. The fourth-order valence-corrected chi connectivity index (χ4v) is 3.23. The monoisotopic (exact) mass is 288 g/mol. The third kappa shape index (κ3) is 2.91. The number of nitro groups is 1. The van der Waals surface area contributed by atoms with Crippen molar-refractivity contribution in [3.8, 4) is 0 Å². The Morgan fingerprint density at radius 2 is 2.05 bits per heavy atom. The lowest BCUT2D eigenvalue weighted by Crippen LogP contribution is -2.35. The van der Waals surface area contributed by atoms with E-state index >= 15 is 0 Å². The number of para-hydroxylation sites is 1. The molecule has 2 rings (SSSR count). The minimum atomic E-state index is -3.91. The Hall–Kier alpha value is -1.11. The molecular weight excluding hydrogens is 273 g/mol. The van der Waals surface area contributed by atoms with Crippen molar-refractivity contribution in [3.63, 3.8) is 0 Å². The van der Waals surface area contributed by atoms with Crippen molar-refractivity contribution in [2.24, 2.45) is 5.41 Å². The van der Waals surface area contributed by atoms with E-state index in [-0.39, 0.29) is 12.3 Å². The summed E-state index contributed by atoms with van der Waals surface area (Å²) in [5, 5.41) is 11.0.